The molecule has 0 radical (unpaired) electrons. The summed E-state index contributed by atoms with van der Waals surface area (Å²) in [6.45, 7) is 2.98. The van der Waals surface area contributed by atoms with Crippen molar-refractivity contribution in [3.05, 3.63) is 53.6 Å². The van der Waals surface area contributed by atoms with Gasteiger partial charge < -0.3 is 39.7 Å². The summed E-state index contributed by atoms with van der Waals surface area (Å²) in [5, 5.41) is 44.9. The zero-order valence-electron chi connectivity index (χ0n) is 21.6. The van der Waals surface area contributed by atoms with Crippen LogP contribution in [-0.4, -0.2) is 80.4 Å². The monoisotopic (exact) mass is 557 g/mol. The second kappa shape index (κ2) is 13.2. The average molecular weight is 558 g/mol. The van der Waals surface area contributed by atoms with Gasteiger partial charge in [0, 0.05) is 19.6 Å². The van der Waals surface area contributed by atoms with Gasteiger partial charge in [-0.15, -0.1) is 6.42 Å². The molecule has 2 aliphatic heterocycles. The van der Waals surface area contributed by atoms with E-state index in [1.807, 2.05) is 36.4 Å². The van der Waals surface area contributed by atoms with Gasteiger partial charge in [0.2, 0.25) is 6.79 Å². The number of carbonyl (C=O) groups is 3. The second-order valence-electron chi connectivity index (χ2n) is 9.49. The lowest BCUT2D eigenvalue weighted by Gasteiger charge is -2.38. The van der Waals surface area contributed by atoms with Gasteiger partial charge >= 0.3 is 17.9 Å². The number of fused-ring (bicyclic) bond motifs is 1. The van der Waals surface area contributed by atoms with Crippen LogP contribution >= 0.6 is 0 Å². The van der Waals surface area contributed by atoms with Crippen LogP contribution in [0.15, 0.2) is 42.5 Å². The van der Waals surface area contributed by atoms with Crippen molar-refractivity contribution in [3.8, 4) is 29.6 Å². The molecule has 5 N–H and O–H groups in total. The van der Waals surface area contributed by atoms with Gasteiger partial charge in [-0.3, -0.25) is 14.5 Å². The minimum atomic E-state index is -2.74. The summed E-state index contributed by atoms with van der Waals surface area (Å²) in [6, 6.07) is 13.7. The number of hydrogen-bond donors (Lipinski definition) is 5. The number of aliphatic carboxylic acids is 3. The van der Waals surface area contributed by atoms with Crippen molar-refractivity contribution in [1.29, 1.82) is 0 Å². The number of ether oxygens (including phenoxy) is 3. The largest absolute Gasteiger partial charge is 0.481 e. The van der Waals surface area contributed by atoms with Crippen LogP contribution in [0.2, 0.25) is 0 Å². The van der Waals surface area contributed by atoms with Crippen LogP contribution < -0.4 is 14.2 Å². The van der Waals surface area contributed by atoms with E-state index in [1.54, 1.807) is 0 Å². The summed E-state index contributed by atoms with van der Waals surface area (Å²) in [5.41, 5.74) is -1.48. The molecular formula is C28H31NO11. The van der Waals surface area contributed by atoms with Crippen molar-refractivity contribution in [1.82, 2.24) is 4.90 Å². The molecule has 0 unspecified atom stereocenters. The molecule has 2 aromatic rings. The third-order valence-corrected chi connectivity index (χ3v) is 6.51. The number of hydrogen-bond acceptors (Lipinski definition) is 9. The minimum Gasteiger partial charge on any atom is -0.481 e. The molecule has 40 heavy (non-hydrogen) atoms. The first-order valence-electron chi connectivity index (χ1n) is 12.3. The van der Waals surface area contributed by atoms with Crippen molar-refractivity contribution in [3.63, 3.8) is 0 Å². The van der Waals surface area contributed by atoms with E-state index in [1.165, 1.54) is 5.56 Å². The molecule has 0 atom stereocenters. The van der Waals surface area contributed by atoms with E-state index in [4.69, 9.17) is 41.1 Å². The highest BCUT2D eigenvalue weighted by atomic mass is 16.7. The molecule has 2 aliphatic rings. The highest BCUT2D eigenvalue weighted by Gasteiger charge is 2.41. The fraction of sp³-hybridized carbons (Fsp3) is 0.393. The zero-order valence-corrected chi connectivity index (χ0v) is 21.6. The van der Waals surface area contributed by atoms with Crippen LogP contribution in [0.5, 0.6) is 17.2 Å². The molecule has 0 saturated carbocycles. The van der Waals surface area contributed by atoms with E-state index in [0.29, 0.717) is 18.6 Å². The number of piperidine rings is 1. The fourth-order valence-electron chi connectivity index (χ4n) is 4.39. The molecule has 2 aromatic carbocycles. The van der Waals surface area contributed by atoms with E-state index in [-0.39, 0.29) is 13.4 Å². The molecule has 1 saturated heterocycles. The fourth-order valence-corrected chi connectivity index (χ4v) is 4.39. The smallest absolute Gasteiger partial charge is 0.336 e. The van der Waals surface area contributed by atoms with Crippen molar-refractivity contribution < 1.29 is 54.1 Å². The summed E-state index contributed by atoms with van der Waals surface area (Å²) in [6.07, 6.45) is 4.32. The van der Waals surface area contributed by atoms with Gasteiger partial charge in [-0.25, -0.2) is 4.79 Å². The van der Waals surface area contributed by atoms with E-state index in [0.717, 1.165) is 36.7 Å². The Morgan fingerprint density at radius 2 is 1.65 bits per heavy atom. The Balaban J connectivity index is 0.000000289. The number of nitrogens with zero attached hydrogens (tertiary/aromatic N) is 1. The van der Waals surface area contributed by atoms with Gasteiger partial charge in [0.15, 0.2) is 17.1 Å². The number of rotatable bonds is 10. The molecule has 0 amide bonds. The van der Waals surface area contributed by atoms with Gasteiger partial charge in [0.1, 0.15) is 12.4 Å². The number of likely N-dealkylation sites (tertiary alicyclic amines) is 1. The third-order valence-electron chi connectivity index (χ3n) is 6.51. The lowest BCUT2D eigenvalue weighted by Crippen LogP contribution is -2.42. The summed E-state index contributed by atoms with van der Waals surface area (Å²) < 4.78 is 16.3. The molecular weight excluding hydrogens is 526 g/mol. The van der Waals surface area contributed by atoms with Crippen LogP contribution in [0.25, 0.3) is 0 Å². The van der Waals surface area contributed by atoms with Crippen molar-refractivity contribution in [2.75, 3.05) is 26.5 Å². The molecule has 214 valence electrons. The van der Waals surface area contributed by atoms with Crippen molar-refractivity contribution in [2.24, 2.45) is 0 Å². The Labute approximate surface area is 230 Å². The number of terminal acetylenes is 1. The van der Waals surface area contributed by atoms with Gasteiger partial charge in [-0.1, -0.05) is 24.1 Å². The van der Waals surface area contributed by atoms with E-state index < -0.39 is 42.0 Å². The first kappa shape index (κ1) is 30.2. The Morgan fingerprint density at radius 1 is 1.00 bits per heavy atom. The molecule has 12 heteroatoms. The normalized spacial score (nSPS) is 15.7. The second-order valence-corrected chi connectivity index (χ2v) is 9.49. The Hall–Kier alpha value is -4.31. The Bertz CT molecular complexity index is 1250. The summed E-state index contributed by atoms with van der Waals surface area (Å²) in [4.78, 5) is 32.8. The molecule has 0 bridgehead atoms. The Morgan fingerprint density at radius 3 is 2.25 bits per heavy atom. The number of carboxylic acid groups (broad SMARTS) is 3. The first-order valence-corrected chi connectivity index (χ1v) is 12.3. The van der Waals surface area contributed by atoms with Crippen LogP contribution in [0, 0.1) is 12.3 Å². The number of aliphatic hydroxyl groups is 2. The van der Waals surface area contributed by atoms with E-state index in [2.05, 4.69) is 16.9 Å². The quantitative estimate of drug-likeness (QED) is 0.267. The third kappa shape index (κ3) is 8.09. The molecule has 0 spiro atoms. The van der Waals surface area contributed by atoms with Crippen LogP contribution in [0.3, 0.4) is 0 Å². The minimum absolute atomic E-state index is 0.245. The summed E-state index contributed by atoms with van der Waals surface area (Å²) >= 11 is 0. The van der Waals surface area contributed by atoms with Crippen LogP contribution in [0.4, 0.5) is 0 Å². The van der Waals surface area contributed by atoms with Gasteiger partial charge in [0.05, 0.1) is 18.4 Å². The lowest BCUT2D eigenvalue weighted by atomic mass is 9.84. The maximum Gasteiger partial charge on any atom is 0.336 e. The highest BCUT2D eigenvalue weighted by molar-refractivity contribution is 5.88. The highest BCUT2D eigenvalue weighted by Crippen LogP contribution is 2.39. The van der Waals surface area contributed by atoms with Crippen LogP contribution in [-0.2, 0) is 26.5 Å². The zero-order chi connectivity index (χ0) is 29.3. The average Bonchev–Trinajstić information content (AvgIpc) is 3.37. The van der Waals surface area contributed by atoms with Crippen molar-refractivity contribution in [2.45, 2.75) is 43.4 Å². The number of benzene rings is 2. The maximum absolute atomic E-state index is 11.1. The van der Waals surface area contributed by atoms with E-state index in [9.17, 15) is 19.5 Å². The van der Waals surface area contributed by atoms with Gasteiger partial charge in [0.25, 0.3) is 0 Å². The van der Waals surface area contributed by atoms with E-state index >= 15 is 0 Å². The molecule has 12 nitrogen and oxygen atoms in total. The topological polar surface area (TPSA) is 183 Å². The molecule has 2 heterocycles. The van der Waals surface area contributed by atoms with Crippen molar-refractivity contribution >= 4 is 17.9 Å². The first-order chi connectivity index (χ1) is 18.9. The lowest BCUT2D eigenvalue weighted by molar-refractivity contribution is -0.170. The van der Waals surface area contributed by atoms with Gasteiger partial charge in [-0.05, 0) is 48.2 Å². The predicted molar refractivity (Wildman–Crippen MR) is 139 cm³/mol. The molecule has 4 rings (SSSR count). The molecule has 1 fully saturated rings. The SMILES string of the molecule is C#CCOc1cccc(CN2CCC(O)(c3ccc4c(c3)OCO4)CC2)c1.O=C(O)CC(O)(CC(=O)O)C(=O)O. The predicted octanol–water partition coefficient (Wildman–Crippen LogP) is 1.66. The Kier molecular flexibility index (Phi) is 9.95. The van der Waals surface area contributed by atoms with Crippen LogP contribution in [0.1, 0.15) is 36.8 Å². The molecule has 0 aliphatic carbocycles. The summed E-state index contributed by atoms with van der Waals surface area (Å²) in [7, 11) is 0. The molecule has 0 aromatic heterocycles. The standard InChI is InChI=1S/C22H23NO4.C6H8O7/c1-2-12-25-19-5-3-4-17(13-19)15-23-10-8-22(24,9-11-23)18-6-7-20-21(14-18)27-16-26-20;7-3(8)1-6(13,5(11)12)2-4(9)10/h1,3-7,13-14,24H,8-12,15-16H2;13H,1-2H2,(H,7,8)(H,9,10)(H,11,12). The van der Waals surface area contributed by atoms with Gasteiger partial charge in [-0.2, -0.15) is 0 Å². The summed E-state index contributed by atoms with van der Waals surface area (Å²) in [5.74, 6) is -0.291. The maximum atomic E-state index is 11.1. The number of carboxylic acids is 3.